The Kier molecular flexibility index (Phi) is 3.52. The van der Waals surface area contributed by atoms with Crippen LogP contribution in [0.25, 0.3) is 0 Å². The summed E-state index contributed by atoms with van der Waals surface area (Å²) < 4.78 is 1.85. The third-order valence-electron chi connectivity index (χ3n) is 2.74. The summed E-state index contributed by atoms with van der Waals surface area (Å²) in [7, 11) is 0. The van der Waals surface area contributed by atoms with Crippen molar-refractivity contribution in [3.63, 3.8) is 0 Å². The molecule has 5 heteroatoms. The molecule has 0 fully saturated rings. The number of benzene rings is 1. The van der Waals surface area contributed by atoms with E-state index < -0.39 is 0 Å². The quantitative estimate of drug-likeness (QED) is 0.461. The minimum Gasteiger partial charge on any atom is -0.353 e. The third-order valence-corrected chi connectivity index (χ3v) is 2.74. The van der Waals surface area contributed by atoms with Gasteiger partial charge in [-0.1, -0.05) is 18.2 Å². The van der Waals surface area contributed by atoms with Gasteiger partial charge in [-0.3, -0.25) is 14.9 Å². The van der Waals surface area contributed by atoms with E-state index in [2.05, 4.69) is 0 Å². The highest BCUT2D eigenvalue weighted by Crippen LogP contribution is 2.18. The number of nitrogens with zero attached hydrogens (tertiary/aromatic N) is 2. The van der Waals surface area contributed by atoms with Crippen LogP contribution in [0.5, 0.6) is 0 Å². The fourth-order valence-corrected chi connectivity index (χ4v) is 1.82. The second-order valence-electron chi connectivity index (χ2n) is 3.94. The zero-order chi connectivity index (χ0) is 13.0. The van der Waals surface area contributed by atoms with Gasteiger partial charge in [0.1, 0.15) is 0 Å². The first kappa shape index (κ1) is 12.0. The lowest BCUT2D eigenvalue weighted by molar-refractivity contribution is -0.385. The molecular formula is C13H12N2O3. The van der Waals surface area contributed by atoms with Gasteiger partial charge in [0.2, 0.25) is 0 Å². The molecule has 0 aliphatic rings. The summed E-state index contributed by atoms with van der Waals surface area (Å²) in [5.74, 6) is 0. The van der Waals surface area contributed by atoms with Gasteiger partial charge in [-0.15, -0.1) is 0 Å². The van der Waals surface area contributed by atoms with Crippen LogP contribution in [0, 0.1) is 10.1 Å². The maximum absolute atomic E-state index is 10.8. The maximum atomic E-state index is 10.8. The average molecular weight is 244 g/mol. The number of aldehydes is 1. The number of hydrogen-bond donors (Lipinski definition) is 0. The third kappa shape index (κ3) is 2.63. The highest BCUT2D eigenvalue weighted by molar-refractivity contribution is 5.74. The van der Waals surface area contributed by atoms with Gasteiger partial charge in [-0.25, -0.2) is 0 Å². The van der Waals surface area contributed by atoms with E-state index in [0.29, 0.717) is 24.1 Å². The molecule has 0 N–H and O–H groups in total. The standard InChI is InChI=1S/C13H12N2O3/c16-10-11-5-7-14(9-11)8-6-12-3-1-2-4-13(12)15(17)18/h1-5,7,9-10H,6,8H2. The summed E-state index contributed by atoms with van der Waals surface area (Å²) >= 11 is 0. The molecule has 5 nitrogen and oxygen atoms in total. The molecule has 1 aromatic heterocycles. The van der Waals surface area contributed by atoms with E-state index >= 15 is 0 Å². The molecule has 0 amide bonds. The van der Waals surface area contributed by atoms with Crippen LogP contribution in [0.2, 0.25) is 0 Å². The second kappa shape index (κ2) is 5.27. The van der Waals surface area contributed by atoms with Crippen molar-refractivity contribution in [2.45, 2.75) is 13.0 Å². The molecular weight excluding hydrogens is 232 g/mol. The molecule has 0 atom stereocenters. The fourth-order valence-electron chi connectivity index (χ4n) is 1.82. The summed E-state index contributed by atoms with van der Waals surface area (Å²) in [5, 5.41) is 10.8. The monoisotopic (exact) mass is 244 g/mol. The van der Waals surface area contributed by atoms with E-state index in [1.165, 1.54) is 6.07 Å². The number of nitro groups is 1. The highest BCUT2D eigenvalue weighted by atomic mass is 16.6. The van der Waals surface area contributed by atoms with Crippen LogP contribution >= 0.6 is 0 Å². The number of carbonyl (C=O) groups excluding carboxylic acids is 1. The Morgan fingerprint density at radius 3 is 2.72 bits per heavy atom. The number of carbonyl (C=O) groups is 1. The van der Waals surface area contributed by atoms with Crippen LogP contribution in [-0.4, -0.2) is 15.8 Å². The van der Waals surface area contributed by atoms with Crippen LogP contribution in [0.3, 0.4) is 0 Å². The Labute approximate surface area is 104 Å². The Morgan fingerprint density at radius 1 is 1.28 bits per heavy atom. The highest BCUT2D eigenvalue weighted by Gasteiger charge is 2.11. The van der Waals surface area contributed by atoms with E-state index in [9.17, 15) is 14.9 Å². The summed E-state index contributed by atoms with van der Waals surface area (Å²) in [4.78, 5) is 21.0. The van der Waals surface area contributed by atoms with Gasteiger partial charge in [0.25, 0.3) is 5.69 Å². The topological polar surface area (TPSA) is 65.1 Å². The molecule has 0 bridgehead atoms. The molecule has 1 aromatic carbocycles. The molecule has 0 saturated carbocycles. The lowest BCUT2D eigenvalue weighted by Gasteiger charge is -2.04. The van der Waals surface area contributed by atoms with Crippen molar-refractivity contribution < 1.29 is 9.72 Å². The van der Waals surface area contributed by atoms with Crippen molar-refractivity contribution in [3.8, 4) is 0 Å². The van der Waals surface area contributed by atoms with Gasteiger partial charge in [-0.2, -0.15) is 0 Å². The van der Waals surface area contributed by atoms with Crippen LogP contribution in [-0.2, 0) is 13.0 Å². The fraction of sp³-hybridized carbons (Fsp3) is 0.154. The predicted octanol–water partition coefficient (Wildman–Crippen LogP) is 2.45. The SMILES string of the molecule is O=Cc1ccn(CCc2ccccc2[N+](=O)[O-])c1. The largest absolute Gasteiger partial charge is 0.353 e. The van der Waals surface area contributed by atoms with Gasteiger partial charge in [-0.05, 0) is 12.5 Å². The van der Waals surface area contributed by atoms with Crippen LogP contribution < -0.4 is 0 Å². The molecule has 0 radical (unpaired) electrons. The first-order chi connectivity index (χ1) is 8.70. The van der Waals surface area contributed by atoms with E-state index in [1.54, 1.807) is 36.7 Å². The van der Waals surface area contributed by atoms with Crippen molar-refractivity contribution in [1.29, 1.82) is 0 Å². The van der Waals surface area contributed by atoms with Crippen molar-refractivity contribution in [2.24, 2.45) is 0 Å². The first-order valence-corrected chi connectivity index (χ1v) is 5.54. The first-order valence-electron chi connectivity index (χ1n) is 5.54. The normalized spacial score (nSPS) is 10.2. The molecule has 2 aromatic rings. The molecule has 0 aliphatic heterocycles. The molecule has 0 saturated heterocycles. The molecule has 0 unspecified atom stereocenters. The minimum atomic E-state index is -0.373. The number of hydrogen-bond acceptors (Lipinski definition) is 3. The Balaban J connectivity index is 2.10. The van der Waals surface area contributed by atoms with E-state index in [0.717, 1.165) is 6.29 Å². The van der Waals surface area contributed by atoms with E-state index in [-0.39, 0.29) is 10.6 Å². The smallest absolute Gasteiger partial charge is 0.272 e. The number of rotatable bonds is 5. The molecule has 92 valence electrons. The number of para-hydroxylation sites is 1. The van der Waals surface area contributed by atoms with Gasteiger partial charge in [0.15, 0.2) is 6.29 Å². The minimum absolute atomic E-state index is 0.139. The number of nitro benzene ring substituents is 1. The number of aryl methyl sites for hydroxylation is 2. The van der Waals surface area contributed by atoms with Crippen LogP contribution in [0.4, 0.5) is 5.69 Å². The van der Waals surface area contributed by atoms with Crippen molar-refractivity contribution in [2.75, 3.05) is 0 Å². The number of aromatic nitrogens is 1. The maximum Gasteiger partial charge on any atom is 0.272 e. The molecule has 0 spiro atoms. The van der Waals surface area contributed by atoms with Crippen LogP contribution in [0.1, 0.15) is 15.9 Å². The zero-order valence-electron chi connectivity index (χ0n) is 9.65. The molecule has 0 aliphatic carbocycles. The van der Waals surface area contributed by atoms with E-state index in [1.807, 2.05) is 4.57 Å². The Morgan fingerprint density at radius 2 is 2.06 bits per heavy atom. The second-order valence-corrected chi connectivity index (χ2v) is 3.94. The zero-order valence-corrected chi connectivity index (χ0v) is 9.65. The van der Waals surface area contributed by atoms with Gasteiger partial charge in [0, 0.05) is 36.1 Å². The van der Waals surface area contributed by atoms with Crippen molar-refractivity contribution in [3.05, 3.63) is 64.0 Å². The van der Waals surface area contributed by atoms with Gasteiger partial charge >= 0.3 is 0 Å². The predicted molar refractivity (Wildman–Crippen MR) is 66.6 cm³/mol. The Hall–Kier alpha value is -2.43. The van der Waals surface area contributed by atoms with Crippen molar-refractivity contribution in [1.82, 2.24) is 4.57 Å². The Bertz CT molecular complexity index is 575. The van der Waals surface area contributed by atoms with Crippen molar-refractivity contribution >= 4 is 12.0 Å². The lowest BCUT2D eigenvalue weighted by Crippen LogP contribution is -2.01. The molecule has 18 heavy (non-hydrogen) atoms. The molecule has 2 rings (SSSR count). The van der Waals surface area contributed by atoms with Gasteiger partial charge in [0.05, 0.1) is 4.92 Å². The summed E-state index contributed by atoms with van der Waals surface area (Å²) in [6.07, 6.45) is 4.85. The molecule has 1 heterocycles. The van der Waals surface area contributed by atoms with Crippen LogP contribution in [0.15, 0.2) is 42.7 Å². The van der Waals surface area contributed by atoms with E-state index in [4.69, 9.17) is 0 Å². The summed E-state index contributed by atoms with van der Waals surface area (Å²) in [6.45, 7) is 0.610. The summed E-state index contributed by atoms with van der Waals surface area (Å²) in [6, 6.07) is 8.41. The average Bonchev–Trinajstić information content (AvgIpc) is 2.84. The summed E-state index contributed by atoms with van der Waals surface area (Å²) in [5.41, 5.74) is 1.45. The van der Waals surface area contributed by atoms with Gasteiger partial charge < -0.3 is 4.57 Å². The lowest BCUT2D eigenvalue weighted by atomic mass is 10.1.